The molecule has 0 aliphatic rings. The Kier molecular flexibility index (Phi) is 3.62. The number of aryl methyl sites for hydroxylation is 1. The molecule has 0 saturated heterocycles. The van der Waals surface area contributed by atoms with E-state index in [1.807, 2.05) is 13.0 Å². The predicted molar refractivity (Wildman–Crippen MR) is 70.1 cm³/mol. The number of aromatic carboxylic acids is 1. The Hall–Kier alpha value is -1.88. The number of pyridine rings is 1. The Morgan fingerprint density at radius 2 is 2.17 bits per heavy atom. The molecule has 0 unspecified atom stereocenters. The van der Waals surface area contributed by atoms with Crippen LogP contribution in [0.1, 0.15) is 15.9 Å². The maximum Gasteiger partial charge on any atom is 0.335 e. The first-order chi connectivity index (χ1) is 8.58. The van der Waals surface area contributed by atoms with Crippen molar-refractivity contribution < 1.29 is 14.6 Å². The van der Waals surface area contributed by atoms with E-state index in [0.29, 0.717) is 11.6 Å². The van der Waals surface area contributed by atoms with Crippen LogP contribution in [0.5, 0.6) is 11.6 Å². The molecule has 0 amide bonds. The van der Waals surface area contributed by atoms with Crippen LogP contribution in [0.4, 0.5) is 0 Å². The quantitative estimate of drug-likeness (QED) is 0.940. The molecule has 0 fully saturated rings. The summed E-state index contributed by atoms with van der Waals surface area (Å²) in [6.45, 7) is 1.92. The second kappa shape index (κ2) is 5.18. The van der Waals surface area contributed by atoms with Crippen LogP contribution in [0.2, 0.25) is 0 Å². The van der Waals surface area contributed by atoms with Gasteiger partial charge in [-0.25, -0.2) is 9.78 Å². The molecule has 0 saturated carbocycles. The molecule has 0 atom stereocenters. The summed E-state index contributed by atoms with van der Waals surface area (Å²) in [4.78, 5) is 14.9. The number of hydrogen-bond donors (Lipinski definition) is 1. The van der Waals surface area contributed by atoms with Gasteiger partial charge < -0.3 is 9.84 Å². The standard InChI is InChI=1S/C13H10BrNO3/c1-8-5-6-15-12(11(8)14)18-10-4-2-3-9(7-10)13(16)17/h2-7H,1H3,(H,16,17). The zero-order valence-electron chi connectivity index (χ0n) is 9.55. The number of ether oxygens (including phenoxy) is 1. The van der Waals surface area contributed by atoms with Crippen LogP contribution in [-0.4, -0.2) is 16.1 Å². The Morgan fingerprint density at radius 1 is 1.39 bits per heavy atom. The highest BCUT2D eigenvalue weighted by Crippen LogP contribution is 2.29. The molecule has 2 rings (SSSR count). The number of carboxylic acid groups (broad SMARTS) is 1. The second-order valence-electron chi connectivity index (χ2n) is 3.68. The molecule has 1 heterocycles. The molecule has 0 aliphatic heterocycles. The molecule has 1 N–H and O–H groups in total. The zero-order valence-corrected chi connectivity index (χ0v) is 11.1. The second-order valence-corrected chi connectivity index (χ2v) is 4.48. The first kappa shape index (κ1) is 12.6. The van der Waals surface area contributed by atoms with Gasteiger partial charge in [0.2, 0.25) is 5.88 Å². The highest BCUT2D eigenvalue weighted by Gasteiger charge is 2.08. The maximum atomic E-state index is 10.8. The van der Waals surface area contributed by atoms with Crippen molar-refractivity contribution in [1.82, 2.24) is 4.98 Å². The number of nitrogens with zero attached hydrogens (tertiary/aromatic N) is 1. The molecule has 18 heavy (non-hydrogen) atoms. The normalized spacial score (nSPS) is 10.1. The lowest BCUT2D eigenvalue weighted by Crippen LogP contribution is -1.97. The largest absolute Gasteiger partial charge is 0.478 e. The summed E-state index contributed by atoms with van der Waals surface area (Å²) < 4.78 is 6.31. The van der Waals surface area contributed by atoms with Gasteiger partial charge in [0.25, 0.3) is 0 Å². The summed E-state index contributed by atoms with van der Waals surface area (Å²) in [6.07, 6.45) is 1.64. The number of hydrogen-bond acceptors (Lipinski definition) is 3. The predicted octanol–water partition coefficient (Wildman–Crippen LogP) is 3.64. The molecule has 1 aromatic heterocycles. The van der Waals surface area contributed by atoms with Crippen molar-refractivity contribution in [2.45, 2.75) is 6.92 Å². The zero-order chi connectivity index (χ0) is 13.1. The Labute approximate surface area is 112 Å². The highest BCUT2D eigenvalue weighted by molar-refractivity contribution is 9.10. The lowest BCUT2D eigenvalue weighted by Gasteiger charge is -2.08. The van der Waals surface area contributed by atoms with Gasteiger partial charge in [0.05, 0.1) is 10.0 Å². The summed E-state index contributed by atoms with van der Waals surface area (Å²) in [6, 6.07) is 8.13. The van der Waals surface area contributed by atoms with Crippen molar-refractivity contribution >= 4 is 21.9 Å². The molecule has 4 nitrogen and oxygen atoms in total. The molecule has 5 heteroatoms. The van der Waals surface area contributed by atoms with Gasteiger partial charge in [0.15, 0.2) is 0 Å². The smallest absolute Gasteiger partial charge is 0.335 e. The number of carboxylic acids is 1. The van der Waals surface area contributed by atoms with Gasteiger partial charge in [-0.05, 0) is 52.7 Å². The van der Waals surface area contributed by atoms with E-state index in [1.54, 1.807) is 18.3 Å². The molecule has 2 aromatic rings. The third kappa shape index (κ3) is 2.68. The van der Waals surface area contributed by atoms with Gasteiger partial charge in [0, 0.05) is 6.20 Å². The summed E-state index contributed by atoms with van der Waals surface area (Å²) in [5.74, 6) is -0.136. The highest BCUT2D eigenvalue weighted by atomic mass is 79.9. The number of carbonyl (C=O) groups is 1. The lowest BCUT2D eigenvalue weighted by molar-refractivity contribution is 0.0696. The minimum absolute atomic E-state index is 0.177. The van der Waals surface area contributed by atoms with E-state index >= 15 is 0 Å². The van der Waals surface area contributed by atoms with E-state index in [0.717, 1.165) is 10.0 Å². The fourth-order valence-electron chi connectivity index (χ4n) is 1.39. The molecule has 1 aromatic carbocycles. The van der Waals surface area contributed by atoms with Crippen molar-refractivity contribution in [3.63, 3.8) is 0 Å². The van der Waals surface area contributed by atoms with Crippen molar-refractivity contribution in [2.75, 3.05) is 0 Å². The van der Waals surface area contributed by atoms with Crippen LogP contribution in [0.25, 0.3) is 0 Å². The Balaban J connectivity index is 2.31. The van der Waals surface area contributed by atoms with E-state index in [1.165, 1.54) is 12.1 Å². The van der Waals surface area contributed by atoms with Crippen LogP contribution in [-0.2, 0) is 0 Å². The minimum Gasteiger partial charge on any atom is -0.478 e. The number of benzene rings is 1. The van der Waals surface area contributed by atoms with E-state index in [9.17, 15) is 4.79 Å². The summed E-state index contributed by atoms with van der Waals surface area (Å²) >= 11 is 3.38. The van der Waals surface area contributed by atoms with Gasteiger partial charge in [-0.3, -0.25) is 0 Å². The molecule has 92 valence electrons. The molecule has 0 bridgehead atoms. The topological polar surface area (TPSA) is 59.4 Å². The SMILES string of the molecule is Cc1ccnc(Oc2cccc(C(=O)O)c2)c1Br. The van der Waals surface area contributed by atoms with Gasteiger partial charge >= 0.3 is 5.97 Å². The Bertz CT molecular complexity index is 599. The van der Waals surface area contributed by atoms with Crippen LogP contribution in [0, 0.1) is 6.92 Å². The summed E-state index contributed by atoms with van der Waals surface area (Å²) in [5, 5.41) is 8.89. The van der Waals surface area contributed by atoms with Crippen LogP contribution >= 0.6 is 15.9 Å². The lowest BCUT2D eigenvalue weighted by atomic mass is 10.2. The average Bonchev–Trinajstić information content (AvgIpc) is 2.35. The van der Waals surface area contributed by atoms with Crippen molar-refractivity contribution in [2.24, 2.45) is 0 Å². The van der Waals surface area contributed by atoms with E-state index in [-0.39, 0.29) is 5.56 Å². The van der Waals surface area contributed by atoms with Gasteiger partial charge in [-0.15, -0.1) is 0 Å². The fraction of sp³-hybridized carbons (Fsp3) is 0.0769. The fourth-order valence-corrected chi connectivity index (χ4v) is 1.71. The maximum absolute atomic E-state index is 10.8. The van der Waals surface area contributed by atoms with Crippen LogP contribution < -0.4 is 4.74 Å². The third-order valence-corrected chi connectivity index (χ3v) is 3.31. The van der Waals surface area contributed by atoms with Crippen molar-refractivity contribution in [3.05, 3.63) is 52.1 Å². The van der Waals surface area contributed by atoms with Gasteiger partial charge in [-0.1, -0.05) is 6.07 Å². The van der Waals surface area contributed by atoms with E-state index in [2.05, 4.69) is 20.9 Å². The van der Waals surface area contributed by atoms with Crippen LogP contribution in [0.15, 0.2) is 41.0 Å². The number of aromatic nitrogens is 1. The first-order valence-electron chi connectivity index (χ1n) is 5.20. The molecule has 0 aliphatic carbocycles. The average molecular weight is 308 g/mol. The molecule has 0 radical (unpaired) electrons. The molecular formula is C13H10BrNO3. The van der Waals surface area contributed by atoms with E-state index < -0.39 is 5.97 Å². The van der Waals surface area contributed by atoms with Crippen molar-refractivity contribution in [3.8, 4) is 11.6 Å². The number of rotatable bonds is 3. The van der Waals surface area contributed by atoms with Gasteiger partial charge in [0.1, 0.15) is 5.75 Å². The monoisotopic (exact) mass is 307 g/mol. The Morgan fingerprint density at radius 3 is 2.89 bits per heavy atom. The van der Waals surface area contributed by atoms with Crippen molar-refractivity contribution in [1.29, 1.82) is 0 Å². The minimum atomic E-state index is -0.989. The van der Waals surface area contributed by atoms with Gasteiger partial charge in [-0.2, -0.15) is 0 Å². The van der Waals surface area contributed by atoms with E-state index in [4.69, 9.17) is 9.84 Å². The first-order valence-corrected chi connectivity index (χ1v) is 5.99. The van der Waals surface area contributed by atoms with Crippen LogP contribution in [0.3, 0.4) is 0 Å². The molecule has 0 spiro atoms. The third-order valence-electron chi connectivity index (χ3n) is 2.35. The number of halogens is 1. The summed E-state index contributed by atoms with van der Waals surface area (Å²) in [5.41, 5.74) is 1.17. The molecular weight excluding hydrogens is 298 g/mol. The summed E-state index contributed by atoms with van der Waals surface area (Å²) in [7, 11) is 0.